The first kappa shape index (κ1) is 16.6. The number of hydrogen-bond acceptors (Lipinski definition) is 4. The molecule has 4 nitrogen and oxygen atoms in total. The van der Waals surface area contributed by atoms with E-state index in [1.165, 1.54) is 12.1 Å². The molecule has 1 atom stereocenters. The van der Waals surface area contributed by atoms with Crippen LogP contribution in [0.25, 0.3) is 0 Å². The van der Waals surface area contributed by atoms with Crippen LogP contribution in [0.5, 0.6) is 0 Å². The van der Waals surface area contributed by atoms with Gasteiger partial charge < -0.3 is 14.8 Å². The molecule has 112 valence electrons. The number of carbonyl (C=O) groups is 1. The van der Waals surface area contributed by atoms with E-state index in [-0.39, 0.29) is 24.2 Å². The predicted octanol–water partition coefficient (Wildman–Crippen LogP) is 1.93. The summed E-state index contributed by atoms with van der Waals surface area (Å²) in [5.74, 6) is -0.493. The first-order chi connectivity index (χ1) is 9.65. The van der Waals surface area contributed by atoms with Crippen molar-refractivity contribution in [3.63, 3.8) is 0 Å². The number of ether oxygens (including phenoxy) is 2. The highest BCUT2D eigenvalue weighted by Gasteiger charge is 2.15. The molecule has 0 fully saturated rings. The summed E-state index contributed by atoms with van der Waals surface area (Å²) in [7, 11) is 1.63. The fourth-order valence-electron chi connectivity index (χ4n) is 1.91. The fraction of sp³-hybridized carbons (Fsp3) is 0.533. The third-order valence-corrected chi connectivity index (χ3v) is 2.85. The molecular weight excluding hydrogens is 261 g/mol. The van der Waals surface area contributed by atoms with E-state index in [4.69, 9.17) is 9.47 Å². The van der Waals surface area contributed by atoms with Crippen LogP contribution in [0.15, 0.2) is 24.3 Å². The van der Waals surface area contributed by atoms with Crippen LogP contribution >= 0.6 is 0 Å². The van der Waals surface area contributed by atoms with E-state index in [1.54, 1.807) is 26.2 Å². The normalized spacial score (nSPS) is 12.2. The average Bonchev–Trinajstić information content (AvgIpc) is 2.42. The van der Waals surface area contributed by atoms with Crippen molar-refractivity contribution in [3.05, 3.63) is 35.6 Å². The Hall–Kier alpha value is -1.46. The van der Waals surface area contributed by atoms with Crippen LogP contribution in [0.3, 0.4) is 0 Å². The fourth-order valence-corrected chi connectivity index (χ4v) is 1.91. The summed E-state index contributed by atoms with van der Waals surface area (Å²) in [5.41, 5.74) is 0.977. The Bertz CT molecular complexity index is 395. The van der Waals surface area contributed by atoms with Crippen LogP contribution in [0.4, 0.5) is 4.39 Å². The molecule has 0 spiro atoms. The SMILES string of the molecule is CCOC(=O)CC(Cc1ccc(F)cc1)NCCOC. The first-order valence-corrected chi connectivity index (χ1v) is 6.78. The minimum absolute atomic E-state index is 0.0466. The molecule has 0 aliphatic heterocycles. The molecule has 0 aliphatic carbocycles. The molecule has 1 N–H and O–H groups in total. The molecule has 1 rings (SSSR count). The molecule has 1 aromatic carbocycles. The zero-order chi connectivity index (χ0) is 14.8. The van der Waals surface area contributed by atoms with Gasteiger partial charge in [-0.05, 0) is 31.0 Å². The number of rotatable bonds is 9. The minimum Gasteiger partial charge on any atom is -0.466 e. The summed E-state index contributed by atoms with van der Waals surface area (Å²) in [6.07, 6.45) is 0.928. The number of benzene rings is 1. The number of halogens is 1. The van der Waals surface area contributed by atoms with E-state index in [2.05, 4.69) is 5.32 Å². The maximum Gasteiger partial charge on any atom is 0.307 e. The second kappa shape index (κ2) is 9.44. The lowest BCUT2D eigenvalue weighted by Crippen LogP contribution is -2.36. The van der Waals surface area contributed by atoms with Gasteiger partial charge in [0.05, 0.1) is 19.6 Å². The molecule has 0 bridgehead atoms. The molecule has 0 aliphatic rings. The standard InChI is InChI=1S/C15H22FNO3/c1-3-20-15(18)11-14(17-8-9-19-2)10-12-4-6-13(16)7-5-12/h4-7,14,17H,3,8-11H2,1-2H3. The highest BCUT2D eigenvalue weighted by atomic mass is 19.1. The van der Waals surface area contributed by atoms with E-state index < -0.39 is 0 Å². The largest absolute Gasteiger partial charge is 0.466 e. The molecule has 1 aromatic rings. The quantitative estimate of drug-likeness (QED) is 0.555. The summed E-state index contributed by atoms with van der Waals surface area (Å²) in [4.78, 5) is 11.6. The Labute approximate surface area is 119 Å². The Balaban J connectivity index is 2.56. The van der Waals surface area contributed by atoms with Gasteiger partial charge in [0.1, 0.15) is 5.82 Å². The van der Waals surface area contributed by atoms with E-state index in [1.807, 2.05) is 0 Å². The molecule has 5 heteroatoms. The second-order valence-electron chi connectivity index (χ2n) is 4.48. The zero-order valence-corrected chi connectivity index (χ0v) is 12.0. The Morgan fingerprint density at radius 3 is 2.65 bits per heavy atom. The van der Waals surface area contributed by atoms with Crippen molar-refractivity contribution >= 4 is 5.97 Å². The van der Waals surface area contributed by atoms with Crippen LogP contribution in [0.1, 0.15) is 18.9 Å². The summed E-state index contributed by atoms with van der Waals surface area (Å²) in [6, 6.07) is 6.25. The third kappa shape index (κ3) is 6.63. The molecule has 0 aromatic heterocycles. The lowest BCUT2D eigenvalue weighted by atomic mass is 10.0. The summed E-state index contributed by atoms with van der Waals surface area (Å²) >= 11 is 0. The van der Waals surface area contributed by atoms with Crippen molar-refractivity contribution < 1.29 is 18.7 Å². The zero-order valence-electron chi connectivity index (χ0n) is 12.0. The van der Waals surface area contributed by atoms with Crippen LogP contribution in [-0.4, -0.2) is 38.9 Å². The second-order valence-corrected chi connectivity index (χ2v) is 4.48. The molecule has 0 amide bonds. The van der Waals surface area contributed by atoms with Gasteiger partial charge in [0.15, 0.2) is 0 Å². The van der Waals surface area contributed by atoms with Crippen LogP contribution in [0, 0.1) is 5.82 Å². The molecule has 0 saturated heterocycles. The van der Waals surface area contributed by atoms with Crippen molar-refractivity contribution in [1.82, 2.24) is 5.32 Å². The van der Waals surface area contributed by atoms with E-state index in [0.29, 0.717) is 26.2 Å². The molecule has 0 radical (unpaired) electrons. The predicted molar refractivity (Wildman–Crippen MR) is 75.0 cm³/mol. The average molecular weight is 283 g/mol. The van der Waals surface area contributed by atoms with E-state index >= 15 is 0 Å². The monoisotopic (exact) mass is 283 g/mol. The Morgan fingerprint density at radius 1 is 1.35 bits per heavy atom. The van der Waals surface area contributed by atoms with Crippen LogP contribution < -0.4 is 5.32 Å². The smallest absolute Gasteiger partial charge is 0.307 e. The van der Waals surface area contributed by atoms with Crippen molar-refractivity contribution in [2.75, 3.05) is 26.9 Å². The molecule has 0 heterocycles. The summed E-state index contributed by atoms with van der Waals surface area (Å²) in [5, 5.41) is 3.25. The number of esters is 1. The van der Waals surface area contributed by atoms with Gasteiger partial charge >= 0.3 is 5.97 Å². The van der Waals surface area contributed by atoms with Gasteiger partial charge in [-0.3, -0.25) is 4.79 Å². The number of nitrogens with one attached hydrogen (secondary N) is 1. The van der Waals surface area contributed by atoms with Crippen molar-refractivity contribution in [3.8, 4) is 0 Å². The third-order valence-electron chi connectivity index (χ3n) is 2.85. The first-order valence-electron chi connectivity index (χ1n) is 6.78. The maximum absolute atomic E-state index is 12.9. The van der Waals surface area contributed by atoms with Crippen molar-refractivity contribution in [1.29, 1.82) is 0 Å². The van der Waals surface area contributed by atoms with Crippen molar-refractivity contribution in [2.45, 2.75) is 25.8 Å². The van der Waals surface area contributed by atoms with Crippen LogP contribution in [-0.2, 0) is 20.7 Å². The Morgan fingerprint density at radius 2 is 2.05 bits per heavy atom. The van der Waals surface area contributed by atoms with E-state index in [9.17, 15) is 9.18 Å². The molecular formula is C15H22FNO3. The highest BCUT2D eigenvalue weighted by molar-refractivity contribution is 5.70. The lowest BCUT2D eigenvalue weighted by Gasteiger charge is -2.18. The van der Waals surface area contributed by atoms with Gasteiger partial charge in [-0.15, -0.1) is 0 Å². The lowest BCUT2D eigenvalue weighted by molar-refractivity contribution is -0.143. The van der Waals surface area contributed by atoms with Gasteiger partial charge in [0, 0.05) is 19.7 Å². The van der Waals surface area contributed by atoms with Crippen LogP contribution in [0.2, 0.25) is 0 Å². The Kier molecular flexibility index (Phi) is 7.84. The maximum atomic E-state index is 12.9. The highest BCUT2D eigenvalue weighted by Crippen LogP contribution is 2.08. The number of carbonyl (C=O) groups excluding carboxylic acids is 1. The molecule has 0 saturated carbocycles. The molecule has 20 heavy (non-hydrogen) atoms. The van der Waals surface area contributed by atoms with Gasteiger partial charge in [-0.2, -0.15) is 0 Å². The topological polar surface area (TPSA) is 47.6 Å². The van der Waals surface area contributed by atoms with Gasteiger partial charge in [0.2, 0.25) is 0 Å². The van der Waals surface area contributed by atoms with Crippen molar-refractivity contribution in [2.24, 2.45) is 0 Å². The van der Waals surface area contributed by atoms with Gasteiger partial charge in [-0.25, -0.2) is 4.39 Å². The molecule has 1 unspecified atom stereocenters. The minimum atomic E-state index is -0.261. The summed E-state index contributed by atoms with van der Waals surface area (Å²) < 4.78 is 22.8. The van der Waals surface area contributed by atoms with Gasteiger partial charge in [0.25, 0.3) is 0 Å². The number of hydrogen-bond donors (Lipinski definition) is 1. The summed E-state index contributed by atoms with van der Waals surface area (Å²) in [6.45, 7) is 3.38. The van der Waals surface area contributed by atoms with E-state index in [0.717, 1.165) is 5.56 Å². The van der Waals surface area contributed by atoms with Gasteiger partial charge in [-0.1, -0.05) is 12.1 Å². The number of methoxy groups -OCH3 is 1.